The molecule has 0 aliphatic carbocycles. The van der Waals surface area contributed by atoms with Gasteiger partial charge in [0.05, 0.1) is 6.54 Å². The van der Waals surface area contributed by atoms with Crippen molar-refractivity contribution in [2.24, 2.45) is 7.05 Å². The second-order valence-electron chi connectivity index (χ2n) is 4.68. The fourth-order valence-electron chi connectivity index (χ4n) is 2.44. The Morgan fingerprint density at radius 3 is 3.00 bits per heavy atom. The van der Waals surface area contributed by atoms with Crippen LogP contribution < -0.4 is 0 Å². The fourth-order valence-corrected chi connectivity index (χ4v) is 2.44. The number of benzene rings is 1. The summed E-state index contributed by atoms with van der Waals surface area (Å²) >= 11 is 0. The molecule has 1 aromatic carbocycles. The molecular weight excluding hydrogens is 240 g/mol. The van der Waals surface area contributed by atoms with Crippen LogP contribution in [0.5, 0.6) is 0 Å². The number of hydrogen-bond donors (Lipinski definition) is 0. The van der Waals surface area contributed by atoms with Gasteiger partial charge in [0.1, 0.15) is 6.61 Å². The van der Waals surface area contributed by atoms with E-state index in [1.165, 1.54) is 16.5 Å². The predicted octanol–water partition coefficient (Wildman–Crippen LogP) is 2.69. The van der Waals surface area contributed by atoms with Crippen molar-refractivity contribution < 1.29 is 9.53 Å². The molecule has 0 radical (unpaired) electrons. The largest absolute Gasteiger partial charge is 0.447 e. The van der Waals surface area contributed by atoms with Gasteiger partial charge in [0.15, 0.2) is 0 Å². The minimum absolute atomic E-state index is 0.255. The molecule has 2 heterocycles. The van der Waals surface area contributed by atoms with E-state index in [0.29, 0.717) is 13.2 Å². The quantitative estimate of drug-likeness (QED) is 0.846. The van der Waals surface area contributed by atoms with Crippen molar-refractivity contribution in [2.45, 2.75) is 6.42 Å². The van der Waals surface area contributed by atoms with Crippen LogP contribution >= 0.6 is 0 Å². The number of fused-ring (bicyclic) bond motifs is 1. The average molecular weight is 256 g/mol. The second kappa shape index (κ2) is 4.80. The van der Waals surface area contributed by atoms with Gasteiger partial charge in [-0.2, -0.15) is 0 Å². The zero-order valence-corrected chi connectivity index (χ0v) is 10.9. The first kappa shape index (κ1) is 11.8. The molecule has 1 amide bonds. The van der Waals surface area contributed by atoms with E-state index < -0.39 is 0 Å². The normalized spacial score (nSPS) is 15.6. The maximum absolute atomic E-state index is 11.3. The number of nitrogens with zero attached hydrogens (tertiary/aromatic N) is 2. The summed E-state index contributed by atoms with van der Waals surface area (Å²) in [6, 6.07) is 8.33. The molecule has 1 aliphatic rings. The van der Waals surface area contributed by atoms with Crippen molar-refractivity contribution >= 4 is 17.0 Å². The third kappa shape index (κ3) is 2.21. The van der Waals surface area contributed by atoms with Gasteiger partial charge in [0.25, 0.3) is 0 Å². The van der Waals surface area contributed by atoms with Gasteiger partial charge in [-0.15, -0.1) is 0 Å². The van der Waals surface area contributed by atoms with Crippen molar-refractivity contribution in [1.82, 2.24) is 9.47 Å². The van der Waals surface area contributed by atoms with Gasteiger partial charge in [0, 0.05) is 30.3 Å². The van der Waals surface area contributed by atoms with Crippen LogP contribution in [0.25, 0.3) is 10.9 Å². The Hall–Kier alpha value is -2.23. The maximum Gasteiger partial charge on any atom is 0.413 e. The zero-order valence-electron chi connectivity index (χ0n) is 10.9. The number of cyclic esters (lactones) is 1. The molecule has 4 nitrogen and oxygen atoms in total. The summed E-state index contributed by atoms with van der Waals surface area (Å²) in [7, 11) is 2.05. The maximum atomic E-state index is 11.3. The zero-order chi connectivity index (χ0) is 13.2. The van der Waals surface area contributed by atoms with Crippen molar-refractivity contribution in [3.63, 3.8) is 0 Å². The summed E-state index contributed by atoms with van der Waals surface area (Å²) in [6.45, 7) is 1.13. The van der Waals surface area contributed by atoms with Crippen LogP contribution in [0, 0.1) is 0 Å². The number of hydrogen-bond acceptors (Lipinski definition) is 2. The van der Waals surface area contributed by atoms with Gasteiger partial charge in [-0.1, -0.05) is 24.3 Å². The molecule has 3 rings (SSSR count). The highest BCUT2D eigenvalue weighted by atomic mass is 16.6. The van der Waals surface area contributed by atoms with Gasteiger partial charge >= 0.3 is 6.09 Å². The van der Waals surface area contributed by atoms with Crippen molar-refractivity contribution in [1.29, 1.82) is 0 Å². The first-order valence-corrected chi connectivity index (χ1v) is 6.39. The number of carbonyl (C=O) groups excluding carboxylic acids is 1. The van der Waals surface area contributed by atoms with E-state index in [4.69, 9.17) is 4.74 Å². The molecule has 0 saturated carbocycles. The number of para-hydroxylation sites is 1. The van der Waals surface area contributed by atoms with Crippen LogP contribution in [0.2, 0.25) is 0 Å². The Bertz CT molecular complexity index is 643. The summed E-state index contributed by atoms with van der Waals surface area (Å²) in [5.74, 6) is 0. The van der Waals surface area contributed by atoms with Crippen LogP contribution in [-0.2, 0) is 18.2 Å². The standard InChI is InChI=1S/C15H16N2O2/c1-16-11-12(13-6-2-3-7-14(13)16)5-4-8-17-9-10-19-15(17)18/h2-4,6-8,11H,5,9-10H2,1H3/b8-4+. The molecule has 4 heteroatoms. The van der Waals surface area contributed by atoms with E-state index in [9.17, 15) is 4.79 Å². The number of rotatable bonds is 3. The first-order valence-electron chi connectivity index (χ1n) is 6.39. The van der Waals surface area contributed by atoms with E-state index in [0.717, 1.165) is 6.42 Å². The van der Waals surface area contributed by atoms with E-state index in [1.54, 1.807) is 4.90 Å². The minimum Gasteiger partial charge on any atom is -0.447 e. The van der Waals surface area contributed by atoms with Crippen molar-refractivity contribution in [3.8, 4) is 0 Å². The molecule has 2 aromatic rings. The fraction of sp³-hybridized carbons (Fsp3) is 0.267. The highest BCUT2D eigenvalue weighted by molar-refractivity contribution is 5.84. The smallest absolute Gasteiger partial charge is 0.413 e. The first-order chi connectivity index (χ1) is 9.25. The van der Waals surface area contributed by atoms with Gasteiger partial charge in [-0.3, -0.25) is 4.90 Å². The molecule has 19 heavy (non-hydrogen) atoms. The summed E-state index contributed by atoms with van der Waals surface area (Å²) in [5, 5.41) is 1.26. The molecule has 0 bridgehead atoms. The Labute approximate surface area is 111 Å². The molecule has 0 spiro atoms. The van der Waals surface area contributed by atoms with E-state index >= 15 is 0 Å². The molecule has 98 valence electrons. The average Bonchev–Trinajstić information content (AvgIpc) is 2.96. The summed E-state index contributed by atoms with van der Waals surface area (Å²) < 4.78 is 7.00. The number of allylic oxidation sites excluding steroid dienone is 1. The lowest BCUT2D eigenvalue weighted by molar-refractivity contribution is 0.166. The Kier molecular flexibility index (Phi) is 2.99. The Morgan fingerprint density at radius 2 is 2.21 bits per heavy atom. The monoisotopic (exact) mass is 256 g/mol. The van der Waals surface area contributed by atoms with Crippen molar-refractivity contribution in [3.05, 3.63) is 48.3 Å². The highest BCUT2D eigenvalue weighted by Crippen LogP contribution is 2.21. The molecule has 0 unspecified atom stereocenters. The Balaban J connectivity index is 1.78. The summed E-state index contributed by atoms with van der Waals surface area (Å²) in [6.07, 6.45) is 6.52. The molecule has 1 aliphatic heterocycles. The van der Waals surface area contributed by atoms with Crippen molar-refractivity contribution in [2.75, 3.05) is 13.2 Å². The molecular formula is C15H16N2O2. The van der Waals surface area contributed by atoms with Gasteiger partial charge in [-0.25, -0.2) is 4.79 Å². The van der Waals surface area contributed by atoms with E-state index in [2.05, 4.69) is 22.9 Å². The van der Waals surface area contributed by atoms with Gasteiger partial charge in [-0.05, 0) is 18.1 Å². The van der Waals surface area contributed by atoms with Gasteiger partial charge in [0.2, 0.25) is 0 Å². The van der Waals surface area contributed by atoms with Crippen LogP contribution in [0.15, 0.2) is 42.7 Å². The molecule has 1 fully saturated rings. The number of carbonyl (C=O) groups is 1. The molecule has 1 aromatic heterocycles. The number of aromatic nitrogens is 1. The predicted molar refractivity (Wildman–Crippen MR) is 73.8 cm³/mol. The number of aryl methyl sites for hydroxylation is 1. The number of amides is 1. The second-order valence-corrected chi connectivity index (χ2v) is 4.68. The lowest BCUT2D eigenvalue weighted by Crippen LogP contribution is -2.16. The summed E-state index contributed by atoms with van der Waals surface area (Å²) in [5.41, 5.74) is 2.49. The van der Waals surface area contributed by atoms with Crippen LogP contribution in [0.1, 0.15) is 5.56 Å². The van der Waals surface area contributed by atoms with Crippen LogP contribution in [0.4, 0.5) is 4.79 Å². The summed E-state index contributed by atoms with van der Waals surface area (Å²) in [4.78, 5) is 12.9. The Morgan fingerprint density at radius 1 is 1.37 bits per heavy atom. The topological polar surface area (TPSA) is 34.5 Å². The third-order valence-electron chi connectivity index (χ3n) is 3.39. The lowest BCUT2D eigenvalue weighted by Gasteiger charge is -2.04. The molecule has 0 N–H and O–H groups in total. The van der Waals surface area contributed by atoms with Gasteiger partial charge < -0.3 is 9.30 Å². The highest BCUT2D eigenvalue weighted by Gasteiger charge is 2.18. The molecule has 1 saturated heterocycles. The van der Waals surface area contributed by atoms with Crippen LogP contribution in [0.3, 0.4) is 0 Å². The lowest BCUT2D eigenvalue weighted by atomic mass is 10.1. The minimum atomic E-state index is -0.255. The number of ether oxygens (including phenoxy) is 1. The van der Waals surface area contributed by atoms with E-state index in [1.807, 2.05) is 31.5 Å². The SMILES string of the molecule is Cn1cc(C/C=C/N2CCOC2=O)c2ccccc21. The third-order valence-corrected chi connectivity index (χ3v) is 3.39. The van der Waals surface area contributed by atoms with E-state index in [-0.39, 0.29) is 6.09 Å². The van der Waals surface area contributed by atoms with Crippen LogP contribution in [-0.4, -0.2) is 28.7 Å². The molecule has 0 atom stereocenters.